The zero-order valence-electron chi connectivity index (χ0n) is 8.97. The Kier molecular flexibility index (Phi) is 2.88. The molecule has 1 aromatic rings. The second-order valence-corrected chi connectivity index (χ2v) is 5.42. The Bertz CT molecular complexity index is 300. The van der Waals surface area contributed by atoms with Gasteiger partial charge in [0.2, 0.25) is 0 Å². The van der Waals surface area contributed by atoms with E-state index in [2.05, 4.69) is 24.1 Å². The van der Waals surface area contributed by atoms with Crippen LogP contribution in [0, 0.1) is 6.92 Å². The summed E-state index contributed by atoms with van der Waals surface area (Å²) in [6.45, 7) is 5.42. The highest BCUT2D eigenvalue weighted by atomic mass is 32.1. The molecule has 0 radical (unpaired) electrons. The molecular weight excluding hydrogens is 192 g/mol. The predicted molar refractivity (Wildman–Crippen MR) is 60.6 cm³/mol. The zero-order valence-corrected chi connectivity index (χ0v) is 9.78. The van der Waals surface area contributed by atoms with E-state index in [1.807, 2.05) is 5.51 Å². The van der Waals surface area contributed by atoms with Crippen molar-refractivity contribution in [2.75, 3.05) is 0 Å². The van der Waals surface area contributed by atoms with Gasteiger partial charge in [0.25, 0.3) is 0 Å². The zero-order chi connectivity index (χ0) is 10.0. The molecular formula is C11H18N2S. The van der Waals surface area contributed by atoms with Crippen molar-refractivity contribution in [2.45, 2.75) is 51.6 Å². The molecule has 2 nitrogen and oxygen atoms in total. The number of hydrogen-bond donors (Lipinski definition) is 1. The fraction of sp³-hybridized carbons (Fsp3) is 0.727. The third kappa shape index (κ3) is 2.15. The maximum absolute atomic E-state index is 4.26. The van der Waals surface area contributed by atoms with Gasteiger partial charge in [0, 0.05) is 17.0 Å². The SMILES string of the molecule is Cc1ncsc1CNC1(C)CCCC1. The van der Waals surface area contributed by atoms with E-state index in [-0.39, 0.29) is 0 Å². The van der Waals surface area contributed by atoms with Crippen molar-refractivity contribution in [2.24, 2.45) is 0 Å². The summed E-state index contributed by atoms with van der Waals surface area (Å²) in [4.78, 5) is 5.65. The second-order valence-electron chi connectivity index (χ2n) is 4.48. The van der Waals surface area contributed by atoms with Crippen molar-refractivity contribution in [3.8, 4) is 0 Å². The first-order valence-electron chi connectivity index (χ1n) is 5.34. The lowest BCUT2D eigenvalue weighted by molar-refractivity contribution is 0.364. The van der Waals surface area contributed by atoms with Gasteiger partial charge in [0.05, 0.1) is 11.2 Å². The van der Waals surface area contributed by atoms with Crippen LogP contribution in [0.2, 0.25) is 0 Å². The molecule has 3 heteroatoms. The molecule has 1 aliphatic carbocycles. The van der Waals surface area contributed by atoms with Gasteiger partial charge in [-0.25, -0.2) is 4.98 Å². The molecule has 0 unspecified atom stereocenters. The first kappa shape index (κ1) is 10.1. The number of aromatic nitrogens is 1. The van der Waals surface area contributed by atoms with Crippen molar-refractivity contribution >= 4 is 11.3 Å². The van der Waals surface area contributed by atoms with E-state index in [4.69, 9.17) is 0 Å². The minimum atomic E-state index is 0.385. The van der Waals surface area contributed by atoms with Gasteiger partial charge in [0.15, 0.2) is 0 Å². The number of hydrogen-bond acceptors (Lipinski definition) is 3. The summed E-state index contributed by atoms with van der Waals surface area (Å²) in [5.41, 5.74) is 3.50. The summed E-state index contributed by atoms with van der Waals surface area (Å²) in [6, 6.07) is 0. The van der Waals surface area contributed by atoms with E-state index in [0.717, 1.165) is 6.54 Å². The van der Waals surface area contributed by atoms with Crippen molar-refractivity contribution in [1.29, 1.82) is 0 Å². The molecule has 2 rings (SSSR count). The third-order valence-corrected chi connectivity index (χ3v) is 4.16. The number of nitrogens with zero attached hydrogens (tertiary/aromatic N) is 1. The summed E-state index contributed by atoms with van der Waals surface area (Å²) in [5.74, 6) is 0. The van der Waals surface area contributed by atoms with Gasteiger partial charge < -0.3 is 5.32 Å². The lowest BCUT2D eigenvalue weighted by Gasteiger charge is -2.25. The average molecular weight is 210 g/mol. The molecule has 0 bridgehead atoms. The number of rotatable bonds is 3. The molecule has 1 fully saturated rings. The van der Waals surface area contributed by atoms with Crippen LogP contribution >= 0.6 is 11.3 Å². The van der Waals surface area contributed by atoms with E-state index in [1.165, 1.54) is 36.3 Å². The van der Waals surface area contributed by atoms with Gasteiger partial charge in [0.1, 0.15) is 0 Å². The largest absolute Gasteiger partial charge is 0.307 e. The van der Waals surface area contributed by atoms with Crippen LogP contribution in [0.1, 0.15) is 43.2 Å². The Morgan fingerprint density at radius 2 is 2.21 bits per heavy atom. The minimum absolute atomic E-state index is 0.385. The molecule has 0 saturated heterocycles. The van der Waals surface area contributed by atoms with E-state index in [1.54, 1.807) is 11.3 Å². The molecule has 0 atom stereocenters. The van der Waals surface area contributed by atoms with E-state index < -0.39 is 0 Å². The summed E-state index contributed by atoms with van der Waals surface area (Å²) in [7, 11) is 0. The number of nitrogens with one attached hydrogen (secondary N) is 1. The van der Waals surface area contributed by atoms with Gasteiger partial charge in [-0.3, -0.25) is 0 Å². The Hall–Kier alpha value is -0.410. The van der Waals surface area contributed by atoms with Gasteiger partial charge in [-0.15, -0.1) is 11.3 Å². The van der Waals surface area contributed by atoms with Crippen LogP contribution in [-0.4, -0.2) is 10.5 Å². The normalized spacial score (nSPS) is 20.1. The van der Waals surface area contributed by atoms with Gasteiger partial charge in [-0.1, -0.05) is 12.8 Å². The van der Waals surface area contributed by atoms with E-state index in [9.17, 15) is 0 Å². The smallest absolute Gasteiger partial charge is 0.0798 e. The molecule has 1 heterocycles. The molecule has 0 aromatic carbocycles. The summed E-state index contributed by atoms with van der Waals surface area (Å²) >= 11 is 1.76. The molecule has 1 saturated carbocycles. The third-order valence-electron chi connectivity index (χ3n) is 3.23. The average Bonchev–Trinajstić information content (AvgIpc) is 2.73. The van der Waals surface area contributed by atoms with Crippen LogP contribution in [0.5, 0.6) is 0 Å². The highest BCUT2D eigenvalue weighted by Crippen LogP contribution is 2.29. The van der Waals surface area contributed by atoms with Gasteiger partial charge in [-0.2, -0.15) is 0 Å². The Morgan fingerprint density at radius 1 is 1.50 bits per heavy atom. The highest BCUT2D eigenvalue weighted by Gasteiger charge is 2.27. The van der Waals surface area contributed by atoms with Crippen LogP contribution in [0.3, 0.4) is 0 Å². The monoisotopic (exact) mass is 210 g/mol. The maximum Gasteiger partial charge on any atom is 0.0798 e. The predicted octanol–water partition coefficient (Wildman–Crippen LogP) is 2.87. The lowest BCUT2D eigenvalue weighted by atomic mass is 10.0. The second kappa shape index (κ2) is 3.99. The van der Waals surface area contributed by atoms with Crippen molar-refractivity contribution < 1.29 is 0 Å². The topological polar surface area (TPSA) is 24.9 Å². The van der Waals surface area contributed by atoms with Gasteiger partial charge in [-0.05, 0) is 26.7 Å². The van der Waals surface area contributed by atoms with Crippen LogP contribution in [0.4, 0.5) is 0 Å². The Labute approximate surface area is 89.8 Å². The van der Waals surface area contributed by atoms with Crippen LogP contribution in [-0.2, 0) is 6.54 Å². The standard InChI is InChI=1S/C11H18N2S/c1-9-10(14-8-12-9)7-13-11(2)5-3-4-6-11/h8,13H,3-7H2,1-2H3. The van der Waals surface area contributed by atoms with Crippen molar-refractivity contribution in [3.05, 3.63) is 16.1 Å². The van der Waals surface area contributed by atoms with Crippen LogP contribution < -0.4 is 5.32 Å². The summed E-state index contributed by atoms with van der Waals surface area (Å²) in [5, 5.41) is 3.67. The number of aryl methyl sites for hydroxylation is 1. The first-order valence-corrected chi connectivity index (χ1v) is 6.22. The number of thiazole rings is 1. The Balaban J connectivity index is 1.91. The fourth-order valence-electron chi connectivity index (χ4n) is 2.12. The summed E-state index contributed by atoms with van der Waals surface area (Å²) in [6.07, 6.45) is 5.41. The molecule has 1 N–H and O–H groups in total. The molecule has 1 aromatic heterocycles. The Morgan fingerprint density at radius 3 is 2.79 bits per heavy atom. The lowest BCUT2D eigenvalue weighted by Crippen LogP contribution is -2.38. The van der Waals surface area contributed by atoms with E-state index in [0.29, 0.717) is 5.54 Å². The summed E-state index contributed by atoms with van der Waals surface area (Å²) < 4.78 is 0. The first-order chi connectivity index (χ1) is 6.70. The van der Waals surface area contributed by atoms with Crippen molar-refractivity contribution in [3.63, 3.8) is 0 Å². The van der Waals surface area contributed by atoms with Crippen LogP contribution in [0.25, 0.3) is 0 Å². The maximum atomic E-state index is 4.26. The molecule has 0 amide bonds. The van der Waals surface area contributed by atoms with Gasteiger partial charge >= 0.3 is 0 Å². The van der Waals surface area contributed by atoms with E-state index >= 15 is 0 Å². The molecule has 14 heavy (non-hydrogen) atoms. The molecule has 78 valence electrons. The van der Waals surface area contributed by atoms with Crippen LogP contribution in [0.15, 0.2) is 5.51 Å². The quantitative estimate of drug-likeness (QED) is 0.829. The molecule has 1 aliphatic rings. The van der Waals surface area contributed by atoms with Crippen molar-refractivity contribution in [1.82, 2.24) is 10.3 Å². The highest BCUT2D eigenvalue weighted by molar-refractivity contribution is 7.09. The fourth-order valence-corrected chi connectivity index (χ4v) is 2.84. The molecule has 0 spiro atoms. The molecule has 0 aliphatic heterocycles. The minimum Gasteiger partial charge on any atom is -0.307 e.